The molecule has 0 aromatic carbocycles. The van der Waals surface area contributed by atoms with Crippen LogP contribution < -0.4 is 5.73 Å². The number of hydrogen-bond acceptors (Lipinski definition) is 3. The van der Waals surface area contributed by atoms with E-state index in [0.29, 0.717) is 0 Å². The van der Waals surface area contributed by atoms with Crippen LogP contribution in [0.3, 0.4) is 0 Å². The van der Waals surface area contributed by atoms with Crippen LogP contribution in [-0.4, -0.2) is 21.3 Å². The summed E-state index contributed by atoms with van der Waals surface area (Å²) in [4.78, 5) is 4.08. The summed E-state index contributed by atoms with van der Waals surface area (Å²) in [5.41, 5.74) is 6.71. The van der Waals surface area contributed by atoms with Gasteiger partial charge in [0.25, 0.3) is 0 Å². The lowest BCUT2D eigenvalue weighted by Gasteiger charge is -2.12. The number of nitrogens with two attached hydrogens (primary N) is 1. The van der Waals surface area contributed by atoms with Crippen LogP contribution >= 0.6 is 0 Å². The van der Waals surface area contributed by atoms with Gasteiger partial charge in [-0.15, -0.1) is 0 Å². The molecule has 1 aromatic heterocycles. The Kier molecular flexibility index (Phi) is 3.38. The van der Waals surface area contributed by atoms with Gasteiger partial charge in [0.05, 0.1) is 24.7 Å². The lowest BCUT2D eigenvalue weighted by molar-refractivity contribution is 0.263. The fraction of sp³-hybridized carbons (Fsp3) is 0.727. The number of aromatic nitrogens is 2. The van der Waals surface area contributed by atoms with Crippen LogP contribution in [0.5, 0.6) is 0 Å². The Morgan fingerprint density at radius 2 is 2.40 bits per heavy atom. The average Bonchev–Trinajstić information content (AvgIpc) is 2.95. The van der Waals surface area contributed by atoms with Crippen molar-refractivity contribution in [1.82, 2.24) is 9.55 Å². The standard InChI is InChI=1S/C11H19N3O/c12-10(7-15)11-6-13-8-14(11)5-1-2-9-3-4-9/h6,8-10,15H,1-5,7,12H2. The fourth-order valence-electron chi connectivity index (χ4n) is 1.88. The Balaban J connectivity index is 1.85. The van der Waals surface area contributed by atoms with Crippen LogP contribution in [0.2, 0.25) is 0 Å². The van der Waals surface area contributed by atoms with Gasteiger partial charge in [-0.1, -0.05) is 12.8 Å². The van der Waals surface area contributed by atoms with Crippen LogP contribution in [-0.2, 0) is 6.54 Å². The van der Waals surface area contributed by atoms with E-state index in [4.69, 9.17) is 10.8 Å². The van der Waals surface area contributed by atoms with E-state index in [2.05, 4.69) is 9.55 Å². The first-order valence-corrected chi connectivity index (χ1v) is 5.67. The van der Waals surface area contributed by atoms with E-state index in [1.54, 1.807) is 12.5 Å². The van der Waals surface area contributed by atoms with E-state index in [1.165, 1.54) is 25.7 Å². The third-order valence-electron chi connectivity index (χ3n) is 3.03. The fourth-order valence-corrected chi connectivity index (χ4v) is 1.88. The number of rotatable bonds is 6. The maximum absolute atomic E-state index is 8.99. The molecule has 3 N–H and O–H groups in total. The van der Waals surface area contributed by atoms with Gasteiger partial charge in [0.1, 0.15) is 0 Å². The molecule has 1 aromatic rings. The second-order valence-corrected chi connectivity index (χ2v) is 4.39. The third-order valence-corrected chi connectivity index (χ3v) is 3.03. The van der Waals surface area contributed by atoms with E-state index in [0.717, 1.165) is 18.2 Å². The topological polar surface area (TPSA) is 64.1 Å². The first-order valence-electron chi connectivity index (χ1n) is 5.67. The zero-order valence-corrected chi connectivity index (χ0v) is 8.97. The summed E-state index contributed by atoms with van der Waals surface area (Å²) in [5.74, 6) is 0.975. The molecule has 0 saturated heterocycles. The van der Waals surface area contributed by atoms with E-state index in [1.807, 2.05) is 0 Å². The summed E-state index contributed by atoms with van der Waals surface area (Å²) in [6, 6.07) is -0.298. The number of aliphatic hydroxyl groups is 1. The molecule has 15 heavy (non-hydrogen) atoms. The number of hydrogen-bond donors (Lipinski definition) is 2. The molecule has 0 aliphatic heterocycles. The van der Waals surface area contributed by atoms with Crippen molar-refractivity contribution in [2.75, 3.05) is 6.61 Å². The second kappa shape index (κ2) is 4.77. The average molecular weight is 209 g/mol. The Bertz CT molecular complexity index is 307. The van der Waals surface area contributed by atoms with Crippen LogP contribution in [0, 0.1) is 5.92 Å². The summed E-state index contributed by atoms with van der Waals surface area (Å²) < 4.78 is 2.06. The summed E-state index contributed by atoms with van der Waals surface area (Å²) in [6.45, 7) is 0.952. The highest BCUT2D eigenvalue weighted by Crippen LogP contribution is 2.33. The highest BCUT2D eigenvalue weighted by Gasteiger charge is 2.20. The largest absolute Gasteiger partial charge is 0.394 e. The molecule has 1 aliphatic carbocycles. The number of imidazole rings is 1. The summed E-state index contributed by atoms with van der Waals surface area (Å²) >= 11 is 0. The summed E-state index contributed by atoms with van der Waals surface area (Å²) in [7, 11) is 0. The molecular formula is C11H19N3O. The molecule has 2 rings (SSSR count). The van der Waals surface area contributed by atoms with Gasteiger partial charge >= 0.3 is 0 Å². The zero-order valence-electron chi connectivity index (χ0n) is 8.97. The lowest BCUT2D eigenvalue weighted by atomic mass is 10.2. The van der Waals surface area contributed by atoms with Gasteiger partial charge in [-0.25, -0.2) is 4.98 Å². The van der Waals surface area contributed by atoms with Crippen molar-refractivity contribution >= 4 is 0 Å². The molecule has 0 spiro atoms. The van der Waals surface area contributed by atoms with Gasteiger partial charge < -0.3 is 15.4 Å². The van der Waals surface area contributed by atoms with Crippen LogP contribution in [0.1, 0.15) is 37.4 Å². The van der Waals surface area contributed by atoms with E-state index in [9.17, 15) is 0 Å². The molecule has 4 heteroatoms. The minimum atomic E-state index is -0.298. The van der Waals surface area contributed by atoms with Gasteiger partial charge in [0.15, 0.2) is 0 Å². The number of nitrogens with zero attached hydrogens (tertiary/aromatic N) is 2. The predicted octanol–water partition coefficient (Wildman–Crippen LogP) is 1.07. The van der Waals surface area contributed by atoms with Crippen molar-refractivity contribution in [2.24, 2.45) is 11.7 Å². The van der Waals surface area contributed by atoms with E-state index < -0.39 is 0 Å². The molecule has 1 fully saturated rings. The molecule has 0 bridgehead atoms. The molecular weight excluding hydrogens is 190 g/mol. The van der Waals surface area contributed by atoms with Gasteiger partial charge in [-0.2, -0.15) is 0 Å². The smallest absolute Gasteiger partial charge is 0.0948 e. The third kappa shape index (κ3) is 2.79. The molecule has 1 atom stereocenters. The monoisotopic (exact) mass is 209 g/mol. The molecule has 4 nitrogen and oxygen atoms in total. The molecule has 1 saturated carbocycles. The molecule has 0 radical (unpaired) electrons. The lowest BCUT2D eigenvalue weighted by Crippen LogP contribution is -2.18. The highest BCUT2D eigenvalue weighted by molar-refractivity contribution is 5.04. The van der Waals surface area contributed by atoms with Crippen molar-refractivity contribution in [2.45, 2.75) is 38.3 Å². The molecule has 1 unspecified atom stereocenters. The minimum Gasteiger partial charge on any atom is -0.394 e. The quantitative estimate of drug-likeness (QED) is 0.736. The van der Waals surface area contributed by atoms with Crippen molar-refractivity contribution < 1.29 is 5.11 Å². The SMILES string of the molecule is NC(CO)c1cncn1CCCC1CC1. The first-order chi connectivity index (χ1) is 7.31. The maximum atomic E-state index is 8.99. The van der Waals surface area contributed by atoms with Crippen LogP contribution in [0.25, 0.3) is 0 Å². The number of aliphatic hydroxyl groups excluding tert-OH is 1. The summed E-state index contributed by atoms with van der Waals surface area (Å²) in [5, 5.41) is 8.99. The van der Waals surface area contributed by atoms with Gasteiger partial charge in [0.2, 0.25) is 0 Å². The normalized spacial score (nSPS) is 18.0. The van der Waals surface area contributed by atoms with Gasteiger partial charge in [-0.3, -0.25) is 0 Å². The van der Waals surface area contributed by atoms with Crippen molar-refractivity contribution in [3.63, 3.8) is 0 Å². The molecule has 1 aliphatic rings. The van der Waals surface area contributed by atoms with Gasteiger partial charge in [-0.05, 0) is 18.8 Å². The molecule has 84 valence electrons. The second-order valence-electron chi connectivity index (χ2n) is 4.39. The van der Waals surface area contributed by atoms with Crippen molar-refractivity contribution in [1.29, 1.82) is 0 Å². The zero-order chi connectivity index (χ0) is 10.7. The van der Waals surface area contributed by atoms with Crippen molar-refractivity contribution in [3.8, 4) is 0 Å². The Hall–Kier alpha value is -0.870. The van der Waals surface area contributed by atoms with E-state index in [-0.39, 0.29) is 12.6 Å². The Morgan fingerprint density at radius 3 is 3.07 bits per heavy atom. The molecule has 1 heterocycles. The van der Waals surface area contributed by atoms with Crippen LogP contribution in [0.4, 0.5) is 0 Å². The van der Waals surface area contributed by atoms with Crippen molar-refractivity contribution in [3.05, 3.63) is 18.2 Å². The van der Waals surface area contributed by atoms with Gasteiger partial charge in [0, 0.05) is 12.7 Å². The van der Waals surface area contributed by atoms with E-state index >= 15 is 0 Å². The molecule has 0 amide bonds. The first kappa shape index (κ1) is 10.6. The maximum Gasteiger partial charge on any atom is 0.0948 e. The Morgan fingerprint density at radius 1 is 1.60 bits per heavy atom. The Labute approximate surface area is 90.1 Å². The highest BCUT2D eigenvalue weighted by atomic mass is 16.3. The predicted molar refractivity (Wildman–Crippen MR) is 58.2 cm³/mol. The van der Waals surface area contributed by atoms with Crippen LogP contribution in [0.15, 0.2) is 12.5 Å². The number of aryl methyl sites for hydroxylation is 1. The minimum absolute atomic E-state index is 0.0195. The summed E-state index contributed by atoms with van der Waals surface area (Å²) in [6.07, 6.45) is 8.87.